The van der Waals surface area contributed by atoms with Gasteiger partial charge in [0, 0.05) is 26.1 Å². The van der Waals surface area contributed by atoms with Crippen molar-refractivity contribution >= 4 is 0 Å². The Labute approximate surface area is 84.7 Å². The molecule has 0 radical (unpaired) electrons. The first kappa shape index (κ1) is 9.65. The lowest BCUT2D eigenvalue weighted by molar-refractivity contribution is 0.463. The minimum atomic E-state index is 0.733. The fourth-order valence-electron chi connectivity index (χ4n) is 1.75. The van der Waals surface area contributed by atoms with Gasteiger partial charge in [0.05, 0.1) is 11.4 Å². The van der Waals surface area contributed by atoms with Crippen LogP contribution in [0.5, 0.6) is 0 Å². The molecule has 0 bridgehead atoms. The van der Waals surface area contributed by atoms with Crippen LogP contribution in [0.15, 0.2) is 0 Å². The van der Waals surface area contributed by atoms with Crippen LogP contribution in [0.1, 0.15) is 31.7 Å². The number of aryl methyl sites for hydroxylation is 1. The van der Waals surface area contributed by atoms with Crippen LogP contribution in [0.3, 0.4) is 0 Å². The Balaban J connectivity index is 2.06. The van der Waals surface area contributed by atoms with Gasteiger partial charge in [0.25, 0.3) is 0 Å². The largest absolute Gasteiger partial charge is 0.311 e. The molecule has 0 saturated carbocycles. The highest BCUT2D eigenvalue weighted by atomic mass is 15.4. The summed E-state index contributed by atoms with van der Waals surface area (Å²) in [6, 6.07) is 0. The minimum Gasteiger partial charge on any atom is -0.311 e. The zero-order valence-electron chi connectivity index (χ0n) is 8.95. The summed E-state index contributed by atoms with van der Waals surface area (Å²) in [6.45, 7) is 7.44. The van der Waals surface area contributed by atoms with Gasteiger partial charge in [-0.15, -0.1) is 5.10 Å². The van der Waals surface area contributed by atoms with E-state index in [1.165, 1.54) is 12.1 Å². The molecule has 0 unspecified atom stereocenters. The highest BCUT2D eigenvalue weighted by molar-refractivity contribution is 5.13. The average molecular weight is 194 g/mol. The Morgan fingerprint density at radius 2 is 2.36 bits per heavy atom. The average Bonchev–Trinajstić information content (AvgIpc) is 2.58. The third-order valence-corrected chi connectivity index (χ3v) is 2.67. The van der Waals surface area contributed by atoms with E-state index in [4.69, 9.17) is 0 Å². The lowest BCUT2D eigenvalue weighted by atomic mass is 10.1. The predicted octanol–water partition coefficient (Wildman–Crippen LogP) is 0.970. The third-order valence-electron chi connectivity index (χ3n) is 2.67. The predicted molar refractivity (Wildman–Crippen MR) is 54.9 cm³/mol. The van der Waals surface area contributed by atoms with Crippen molar-refractivity contribution in [2.45, 2.75) is 39.8 Å². The lowest BCUT2D eigenvalue weighted by Gasteiger charge is -2.13. The van der Waals surface area contributed by atoms with E-state index in [1.807, 2.05) is 0 Å². The quantitative estimate of drug-likeness (QED) is 0.779. The lowest BCUT2D eigenvalue weighted by Crippen LogP contribution is -2.25. The molecule has 0 aliphatic carbocycles. The van der Waals surface area contributed by atoms with Crippen LogP contribution in [0, 0.1) is 5.92 Å². The molecule has 0 atom stereocenters. The number of nitrogens with zero attached hydrogens (tertiary/aromatic N) is 3. The molecule has 2 rings (SSSR count). The number of aromatic nitrogens is 3. The summed E-state index contributed by atoms with van der Waals surface area (Å²) >= 11 is 0. The number of fused-ring (bicyclic) bond motifs is 1. The first-order valence-electron chi connectivity index (χ1n) is 5.39. The summed E-state index contributed by atoms with van der Waals surface area (Å²) in [4.78, 5) is 0. The summed E-state index contributed by atoms with van der Waals surface area (Å²) in [5, 5.41) is 11.7. The van der Waals surface area contributed by atoms with Crippen molar-refractivity contribution in [1.82, 2.24) is 20.3 Å². The zero-order valence-corrected chi connectivity index (χ0v) is 8.95. The van der Waals surface area contributed by atoms with Gasteiger partial charge in [-0.25, -0.2) is 4.68 Å². The summed E-state index contributed by atoms with van der Waals surface area (Å²) in [5.41, 5.74) is 2.48. The van der Waals surface area contributed by atoms with Gasteiger partial charge in [-0.05, 0) is 12.3 Å². The van der Waals surface area contributed by atoms with Crippen LogP contribution in [-0.2, 0) is 19.5 Å². The van der Waals surface area contributed by atoms with Gasteiger partial charge >= 0.3 is 0 Å². The standard InChI is InChI=1S/C10H18N4/c1-8(2)4-6-14-10-3-5-11-7-9(10)12-13-14/h8,11H,3-7H2,1-2H3. The minimum absolute atomic E-state index is 0.733. The van der Waals surface area contributed by atoms with Gasteiger partial charge in [0.15, 0.2) is 0 Å². The van der Waals surface area contributed by atoms with E-state index in [1.54, 1.807) is 0 Å². The normalized spacial score (nSPS) is 15.9. The first-order chi connectivity index (χ1) is 6.77. The highest BCUT2D eigenvalue weighted by Gasteiger charge is 2.15. The molecule has 1 aromatic rings. The Morgan fingerprint density at radius 3 is 3.14 bits per heavy atom. The van der Waals surface area contributed by atoms with Gasteiger partial charge < -0.3 is 5.32 Å². The fourth-order valence-corrected chi connectivity index (χ4v) is 1.75. The van der Waals surface area contributed by atoms with Crippen LogP contribution in [0.4, 0.5) is 0 Å². The molecular formula is C10H18N4. The van der Waals surface area contributed by atoms with E-state index < -0.39 is 0 Å². The van der Waals surface area contributed by atoms with Crippen LogP contribution in [0.2, 0.25) is 0 Å². The van der Waals surface area contributed by atoms with E-state index in [-0.39, 0.29) is 0 Å². The maximum absolute atomic E-state index is 4.20. The van der Waals surface area contributed by atoms with Gasteiger partial charge in [-0.2, -0.15) is 0 Å². The molecule has 4 heteroatoms. The number of hydrogen-bond acceptors (Lipinski definition) is 3. The van der Waals surface area contributed by atoms with Gasteiger partial charge in [-0.1, -0.05) is 19.1 Å². The van der Waals surface area contributed by atoms with Crippen molar-refractivity contribution in [2.24, 2.45) is 5.92 Å². The van der Waals surface area contributed by atoms with Crippen LogP contribution < -0.4 is 5.32 Å². The van der Waals surface area contributed by atoms with E-state index in [9.17, 15) is 0 Å². The summed E-state index contributed by atoms with van der Waals surface area (Å²) in [5.74, 6) is 0.733. The monoisotopic (exact) mass is 194 g/mol. The number of nitrogens with one attached hydrogen (secondary N) is 1. The molecule has 1 aromatic heterocycles. The zero-order chi connectivity index (χ0) is 9.97. The second-order valence-corrected chi connectivity index (χ2v) is 4.32. The second-order valence-electron chi connectivity index (χ2n) is 4.32. The number of hydrogen-bond donors (Lipinski definition) is 1. The highest BCUT2D eigenvalue weighted by Crippen LogP contribution is 2.12. The SMILES string of the molecule is CC(C)CCn1nnc2c1CCNC2. The number of rotatable bonds is 3. The molecule has 0 spiro atoms. The Bertz CT molecular complexity index is 303. The van der Waals surface area contributed by atoms with Crippen molar-refractivity contribution in [3.63, 3.8) is 0 Å². The summed E-state index contributed by atoms with van der Waals surface area (Å²) in [6.07, 6.45) is 2.25. The van der Waals surface area contributed by atoms with Crippen molar-refractivity contribution in [3.05, 3.63) is 11.4 Å². The Hall–Kier alpha value is -0.900. The van der Waals surface area contributed by atoms with E-state index in [0.29, 0.717) is 0 Å². The third kappa shape index (κ3) is 1.95. The van der Waals surface area contributed by atoms with Crippen LogP contribution in [0.25, 0.3) is 0 Å². The molecule has 0 amide bonds. The molecule has 14 heavy (non-hydrogen) atoms. The smallest absolute Gasteiger partial charge is 0.0997 e. The molecule has 78 valence electrons. The molecule has 1 aliphatic heterocycles. The maximum atomic E-state index is 4.20. The van der Waals surface area contributed by atoms with Gasteiger partial charge in [0.2, 0.25) is 0 Å². The fraction of sp³-hybridized carbons (Fsp3) is 0.800. The Kier molecular flexibility index (Phi) is 2.82. The molecule has 0 fully saturated rings. The van der Waals surface area contributed by atoms with Crippen LogP contribution >= 0.6 is 0 Å². The van der Waals surface area contributed by atoms with E-state index in [2.05, 4.69) is 34.2 Å². The van der Waals surface area contributed by atoms with Gasteiger partial charge in [0.1, 0.15) is 0 Å². The van der Waals surface area contributed by atoms with Crippen molar-refractivity contribution in [1.29, 1.82) is 0 Å². The molecule has 0 saturated heterocycles. The van der Waals surface area contributed by atoms with Crippen molar-refractivity contribution in [3.8, 4) is 0 Å². The summed E-state index contributed by atoms with van der Waals surface area (Å²) < 4.78 is 2.08. The van der Waals surface area contributed by atoms with E-state index >= 15 is 0 Å². The Morgan fingerprint density at radius 1 is 1.50 bits per heavy atom. The first-order valence-corrected chi connectivity index (χ1v) is 5.39. The van der Waals surface area contributed by atoms with E-state index in [0.717, 1.165) is 37.7 Å². The summed E-state index contributed by atoms with van der Waals surface area (Å²) in [7, 11) is 0. The van der Waals surface area contributed by atoms with Crippen molar-refractivity contribution < 1.29 is 0 Å². The molecular weight excluding hydrogens is 176 g/mol. The van der Waals surface area contributed by atoms with Crippen LogP contribution in [-0.4, -0.2) is 21.5 Å². The molecule has 1 aliphatic rings. The van der Waals surface area contributed by atoms with Gasteiger partial charge in [-0.3, -0.25) is 0 Å². The molecule has 4 nitrogen and oxygen atoms in total. The second kappa shape index (κ2) is 4.09. The molecule has 2 heterocycles. The van der Waals surface area contributed by atoms with Crippen molar-refractivity contribution in [2.75, 3.05) is 6.54 Å². The molecule has 0 aromatic carbocycles. The maximum Gasteiger partial charge on any atom is 0.0997 e. The topological polar surface area (TPSA) is 42.7 Å². The molecule has 1 N–H and O–H groups in total.